The number of methoxy groups -OCH3 is 1. The summed E-state index contributed by atoms with van der Waals surface area (Å²) in [5, 5.41) is 6.12. The van der Waals surface area contributed by atoms with E-state index in [2.05, 4.69) is 20.6 Å². The van der Waals surface area contributed by atoms with Gasteiger partial charge in [-0.25, -0.2) is 14.8 Å². The molecule has 2 amide bonds. The molecule has 0 saturated carbocycles. The molecule has 0 bridgehead atoms. The van der Waals surface area contributed by atoms with Crippen LogP contribution in [-0.2, 0) is 23.4 Å². The van der Waals surface area contributed by atoms with Gasteiger partial charge in [-0.2, -0.15) is 0 Å². The zero-order chi connectivity index (χ0) is 18.6. The Balaban J connectivity index is 1.68. The van der Waals surface area contributed by atoms with E-state index in [1.807, 2.05) is 50.4 Å². The molecule has 1 aliphatic heterocycles. The topological polar surface area (TPSA) is 79.4 Å². The first-order chi connectivity index (χ1) is 12.5. The Kier molecular flexibility index (Phi) is 5.37. The van der Waals surface area contributed by atoms with E-state index in [-0.39, 0.29) is 6.03 Å². The highest BCUT2D eigenvalue weighted by molar-refractivity contribution is 5.76. The third-order valence-corrected chi connectivity index (χ3v) is 4.63. The van der Waals surface area contributed by atoms with Crippen LogP contribution in [0.25, 0.3) is 0 Å². The van der Waals surface area contributed by atoms with E-state index in [0.29, 0.717) is 32.2 Å². The highest BCUT2D eigenvalue weighted by Gasteiger charge is 2.41. The average Bonchev–Trinajstić information content (AvgIpc) is 2.91. The molecule has 1 aromatic heterocycles. The van der Waals surface area contributed by atoms with Gasteiger partial charge < -0.3 is 20.3 Å². The average molecular weight is 355 g/mol. The number of ether oxygens (including phenoxy) is 1. The minimum absolute atomic E-state index is 0.106. The van der Waals surface area contributed by atoms with Gasteiger partial charge >= 0.3 is 6.03 Å². The number of nitrogens with one attached hydrogen (secondary N) is 2. The number of anilines is 1. The summed E-state index contributed by atoms with van der Waals surface area (Å²) in [6.45, 7) is 6.22. The fourth-order valence-electron chi connectivity index (χ4n) is 3.09. The van der Waals surface area contributed by atoms with Crippen LogP contribution in [0, 0.1) is 0 Å². The molecule has 7 heteroatoms. The second kappa shape index (κ2) is 7.70. The summed E-state index contributed by atoms with van der Waals surface area (Å²) >= 11 is 0. The Morgan fingerprint density at radius 3 is 2.81 bits per heavy atom. The fraction of sp³-hybridized carbons (Fsp3) is 0.421. The van der Waals surface area contributed by atoms with E-state index in [1.165, 1.54) is 0 Å². The fourth-order valence-corrected chi connectivity index (χ4v) is 3.09. The first-order valence-corrected chi connectivity index (χ1v) is 8.71. The number of carbonyl (C=O) groups is 1. The maximum absolute atomic E-state index is 12.7. The molecule has 2 heterocycles. The van der Waals surface area contributed by atoms with Crippen molar-refractivity contribution in [1.29, 1.82) is 0 Å². The van der Waals surface area contributed by atoms with Gasteiger partial charge in [0.1, 0.15) is 0 Å². The van der Waals surface area contributed by atoms with Gasteiger partial charge in [-0.05, 0) is 19.4 Å². The first kappa shape index (κ1) is 18.1. The molecule has 26 heavy (non-hydrogen) atoms. The molecule has 1 aliphatic rings. The third-order valence-electron chi connectivity index (χ3n) is 4.63. The van der Waals surface area contributed by atoms with Gasteiger partial charge in [0.05, 0.1) is 24.4 Å². The van der Waals surface area contributed by atoms with Crippen molar-refractivity contribution in [3.63, 3.8) is 0 Å². The largest absolute Gasteiger partial charge is 0.383 e. The van der Waals surface area contributed by atoms with Crippen LogP contribution in [0.3, 0.4) is 0 Å². The highest BCUT2D eigenvalue weighted by Crippen LogP contribution is 2.37. The molecule has 0 saturated heterocycles. The molecule has 3 rings (SSSR count). The number of hydrogen-bond acceptors (Lipinski definition) is 5. The van der Waals surface area contributed by atoms with Gasteiger partial charge in [0.25, 0.3) is 0 Å². The monoisotopic (exact) mass is 355 g/mol. The molecule has 1 aromatic carbocycles. The SMILES string of the molecule is COCCNc1ncc2c(n1)CN(C(=O)NCc1ccccc1)C2(C)C. The van der Waals surface area contributed by atoms with Crippen LogP contribution in [0.5, 0.6) is 0 Å². The number of rotatable bonds is 6. The molecule has 0 aliphatic carbocycles. The molecule has 138 valence electrons. The quantitative estimate of drug-likeness (QED) is 0.779. The Morgan fingerprint density at radius 1 is 1.31 bits per heavy atom. The van der Waals surface area contributed by atoms with Crippen molar-refractivity contribution in [2.24, 2.45) is 0 Å². The van der Waals surface area contributed by atoms with Crippen LogP contribution in [-0.4, -0.2) is 41.2 Å². The number of urea groups is 1. The molecular weight excluding hydrogens is 330 g/mol. The Morgan fingerprint density at radius 2 is 2.08 bits per heavy atom. The normalized spacial score (nSPS) is 14.8. The second-order valence-corrected chi connectivity index (χ2v) is 6.76. The van der Waals surface area contributed by atoms with Gasteiger partial charge in [-0.15, -0.1) is 0 Å². The molecular formula is C19H25N5O2. The van der Waals surface area contributed by atoms with E-state index in [1.54, 1.807) is 12.0 Å². The van der Waals surface area contributed by atoms with Crippen LogP contribution < -0.4 is 10.6 Å². The van der Waals surface area contributed by atoms with E-state index < -0.39 is 5.54 Å². The second-order valence-electron chi connectivity index (χ2n) is 6.76. The lowest BCUT2D eigenvalue weighted by atomic mass is 9.97. The minimum Gasteiger partial charge on any atom is -0.383 e. The Bertz CT molecular complexity index is 764. The van der Waals surface area contributed by atoms with Crippen molar-refractivity contribution in [2.75, 3.05) is 25.6 Å². The van der Waals surface area contributed by atoms with Gasteiger partial charge in [0.15, 0.2) is 0 Å². The predicted molar refractivity (Wildman–Crippen MR) is 99.6 cm³/mol. The summed E-state index contributed by atoms with van der Waals surface area (Å²) in [4.78, 5) is 23.5. The van der Waals surface area contributed by atoms with Gasteiger partial charge in [0.2, 0.25) is 5.95 Å². The molecule has 7 nitrogen and oxygen atoms in total. The number of benzene rings is 1. The van der Waals surface area contributed by atoms with E-state index in [0.717, 1.165) is 16.8 Å². The Labute approximate surface area is 153 Å². The molecule has 0 radical (unpaired) electrons. The standard InChI is InChI=1S/C19H25N5O2/c1-19(2)15-12-21-17(20-9-10-26-3)23-16(15)13-24(19)18(25)22-11-14-7-5-4-6-8-14/h4-8,12H,9-11,13H2,1-3H3,(H,22,25)(H,20,21,23). The maximum atomic E-state index is 12.7. The lowest BCUT2D eigenvalue weighted by Gasteiger charge is -2.32. The van der Waals surface area contributed by atoms with Crippen LogP contribution in [0.1, 0.15) is 30.7 Å². The zero-order valence-corrected chi connectivity index (χ0v) is 15.5. The van der Waals surface area contributed by atoms with Crippen molar-refractivity contribution in [3.05, 3.63) is 53.3 Å². The molecule has 0 unspecified atom stereocenters. The molecule has 0 fully saturated rings. The van der Waals surface area contributed by atoms with Crippen molar-refractivity contribution >= 4 is 12.0 Å². The number of aromatic nitrogens is 2. The number of amides is 2. The first-order valence-electron chi connectivity index (χ1n) is 8.71. The van der Waals surface area contributed by atoms with Crippen molar-refractivity contribution in [2.45, 2.75) is 32.5 Å². The summed E-state index contributed by atoms with van der Waals surface area (Å²) in [6.07, 6.45) is 1.81. The van der Waals surface area contributed by atoms with E-state index in [9.17, 15) is 4.79 Å². The lowest BCUT2D eigenvalue weighted by Crippen LogP contribution is -2.45. The van der Waals surface area contributed by atoms with Gasteiger partial charge in [0, 0.05) is 32.0 Å². The molecule has 0 spiro atoms. The van der Waals surface area contributed by atoms with Crippen molar-refractivity contribution in [3.8, 4) is 0 Å². The summed E-state index contributed by atoms with van der Waals surface area (Å²) in [7, 11) is 1.65. The van der Waals surface area contributed by atoms with Gasteiger partial charge in [-0.3, -0.25) is 0 Å². The number of hydrogen-bond donors (Lipinski definition) is 2. The zero-order valence-electron chi connectivity index (χ0n) is 15.5. The van der Waals surface area contributed by atoms with Crippen LogP contribution in [0.2, 0.25) is 0 Å². The maximum Gasteiger partial charge on any atom is 0.318 e. The minimum atomic E-state index is -0.457. The van der Waals surface area contributed by atoms with Crippen molar-refractivity contribution < 1.29 is 9.53 Å². The number of fused-ring (bicyclic) bond motifs is 1. The van der Waals surface area contributed by atoms with Crippen molar-refractivity contribution in [1.82, 2.24) is 20.2 Å². The third kappa shape index (κ3) is 3.77. The van der Waals surface area contributed by atoms with Crippen LogP contribution >= 0.6 is 0 Å². The number of nitrogens with zero attached hydrogens (tertiary/aromatic N) is 3. The molecule has 2 N–H and O–H groups in total. The highest BCUT2D eigenvalue weighted by atomic mass is 16.5. The Hall–Kier alpha value is -2.67. The molecule has 0 atom stereocenters. The number of carbonyl (C=O) groups excluding carboxylic acids is 1. The van der Waals surface area contributed by atoms with Crippen LogP contribution in [0.4, 0.5) is 10.7 Å². The van der Waals surface area contributed by atoms with Crippen LogP contribution in [0.15, 0.2) is 36.5 Å². The van der Waals surface area contributed by atoms with E-state index in [4.69, 9.17) is 4.74 Å². The van der Waals surface area contributed by atoms with Gasteiger partial charge in [-0.1, -0.05) is 30.3 Å². The summed E-state index contributed by atoms with van der Waals surface area (Å²) < 4.78 is 5.02. The summed E-state index contributed by atoms with van der Waals surface area (Å²) in [5.41, 5.74) is 2.46. The summed E-state index contributed by atoms with van der Waals surface area (Å²) in [5.74, 6) is 0.558. The smallest absolute Gasteiger partial charge is 0.318 e. The summed E-state index contributed by atoms with van der Waals surface area (Å²) in [6, 6.07) is 9.77. The lowest BCUT2D eigenvalue weighted by molar-refractivity contribution is 0.144. The predicted octanol–water partition coefficient (Wildman–Crippen LogP) is 2.50. The molecule has 2 aromatic rings. The van der Waals surface area contributed by atoms with E-state index >= 15 is 0 Å².